The molecule has 1 aliphatic rings. The van der Waals surface area contributed by atoms with Crippen LogP contribution in [0.4, 0.5) is 0 Å². The normalized spacial score (nSPS) is 15.0. The highest BCUT2D eigenvalue weighted by Gasteiger charge is 2.24. The Morgan fingerprint density at radius 3 is 2.21 bits per heavy atom. The summed E-state index contributed by atoms with van der Waals surface area (Å²) in [5.74, 6) is 0.822. The van der Waals surface area contributed by atoms with Crippen LogP contribution in [0.15, 0.2) is 54.6 Å². The molecule has 0 atom stereocenters. The maximum Gasteiger partial charge on any atom is 0.253 e. The van der Waals surface area contributed by atoms with Crippen molar-refractivity contribution in [2.75, 3.05) is 13.1 Å². The fourth-order valence-corrected chi connectivity index (χ4v) is 3.98. The second-order valence-electron chi connectivity index (χ2n) is 7.54. The van der Waals surface area contributed by atoms with Crippen molar-refractivity contribution in [3.63, 3.8) is 0 Å². The number of nitrogens with zero attached hydrogens (tertiary/aromatic N) is 3. The maximum atomic E-state index is 12.9. The van der Waals surface area contributed by atoms with Crippen LogP contribution in [0.5, 0.6) is 5.75 Å². The number of carbonyl (C=O) groups is 1. The number of aromatic nitrogens is 2. The molecule has 0 unspecified atom stereocenters. The molecule has 144 valence electrons. The quantitative estimate of drug-likeness (QED) is 0.746. The number of carbonyl (C=O) groups excluding carboxylic acids is 1. The lowest BCUT2D eigenvalue weighted by Crippen LogP contribution is -2.37. The van der Waals surface area contributed by atoms with Crippen LogP contribution < -0.4 is 0 Å². The van der Waals surface area contributed by atoms with Crippen molar-refractivity contribution in [1.82, 2.24) is 14.7 Å². The van der Waals surface area contributed by atoms with Gasteiger partial charge in [0.1, 0.15) is 5.75 Å². The molecule has 2 heterocycles. The minimum atomic E-state index is 0.0871. The zero-order valence-corrected chi connectivity index (χ0v) is 16.3. The van der Waals surface area contributed by atoms with E-state index in [1.54, 1.807) is 12.1 Å². The predicted molar refractivity (Wildman–Crippen MR) is 109 cm³/mol. The summed E-state index contributed by atoms with van der Waals surface area (Å²) in [7, 11) is 0. The molecule has 1 saturated heterocycles. The number of aryl methyl sites for hydroxylation is 2. The third-order valence-electron chi connectivity index (χ3n) is 5.52. The van der Waals surface area contributed by atoms with Crippen LogP contribution in [0.25, 0.3) is 5.69 Å². The lowest BCUT2D eigenvalue weighted by molar-refractivity contribution is 0.0713. The molecular formula is C23H25N3O2. The summed E-state index contributed by atoms with van der Waals surface area (Å²) < 4.78 is 1.90. The first-order chi connectivity index (χ1) is 13.5. The van der Waals surface area contributed by atoms with E-state index < -0.39 is 0 Å². The molecule has 1 N–H and O–H groups in total. The van der Waals surface area contributed by atoms with E-state index in [-0.39, 0.29) is 5.91 Å². The number of hydrogen-bond acceptors (Lipinski definition) is 3. The number of aromatic hydroxyl groups is 1. The van der Waals surface area contributed by atoms with Crippen LogP contribution >= 0.6 is 0 Å². The van der Waals surface area contributed by atoms with E-state index in [1.165, 1.54) is 5.56 Å². The summed E-state index contributed by atoms with van der Waals surface area (Å²) in [6, 6.07) is 17.2. The van der Waals surface area contributed by atoms with Gasteiger partial charge in [-0.1, -0.05) is 12.1 Å². The van der Waals surface area contributed by atoms with Gasteiger partial charge in [-0.15, -0.1) is 0 Å². The van der Waals surface area contributed by atoms with Gasteiger partial charge in [0, 0.05) is 24.3 Å². The monoisotopic (exact) mass is 375 g/mol. The third-order valence-corrected chi connectivity index (χ3v) is 5.52. The third kappa shape index (κ3) is 3.65. The van der Waals surface area contributed by atoms with Crippen molar-refractivity contribution in [2.45, 2.75) is 32.6 Å². The summed E-state index contributed by atoms with van der Waals surface area (Å²) in [6.45, 7) is 5.51. The molecule has 5 heteroatoms. The Morgan fingerprint density at radius 1 is 1.00 bits per heavy atom. The molecule has 0 spiro atoms. The van der Waals surface area contributed by atoms with Crippen molar-refractivity contribution in [3.05, 3.63) is 77.1 Å². The Balaban J connectivity index is 1.41. The fourth-order valence-electron chi connectivity index (χ4n) is 3.98. The summed E-state index contributed by atoms with van der Waals surface area (Å²) in [6.07, 6.45) is 1.89. The van der Waals surface area contributed by atoms with Gasteiger partial charge in [0.2, 0.25) is 0 Å². The number of amides is 1. The Labute approximate surface area is 165 Å². The number of benzene rings is 2. The number of phenols is 1. The molecule has 0 saturated carbocycles. The second-order valence-corrected chi connectivity index (χ2v) is 7.54. The van der Waals surface area contributed by atoms with Gasteiger partial charge < -0.3 is 10.0 Å². The highest BCUT2D eigenvalue weighted by atomic mass is 16.3. The van der Waals surface area contributed by atoms with Gasteiger partial charge >= 0.3 is 0 Å². The molecule has 0 aliphatic carbocycles. The van der Waals surface area contributed by atoms with Gasteiger partial charge in [0.25, 0.3) is 5.91 Å². The van der Waals surface area contributed by atoms with Gasteiger partial charge in [-0.25, -0.2) is 4.68 Å². The van der Waals surface area contributed by atoms with E-state index in [1.807, 2.05) is 65.9 Å². The van der Waals surface area contributed by atoms with Gasteiger partial charge in [-0.05, 0) is 80.6 Å². The van der Waals surface area contributed by atoms with Crippen molar-refractivity contribution >= 4 is 5.91 Å². The summed E-state index contributed by atoms with van der Waals surface area (Å²) in [5, 5.41) is 13.9. The topological polar surface area (TPSA) is 58.4 Å². The summed E-state index contributed by atoms with van der Waals surface area (Å²) in [4.78, 5) is 14.8. The first-order valence-electron chi connectivity index (χ1n) is 9.73. The minimum Gasteiger partial charge on any atom is -0.508 e. The Bertz CT molecular complexity index is 966. The van der Waals surface area contributed by atoms with Crippen LogP contribution in [0.1, 0.15) is 46.1 Å². The van der Waals surface area contributed by atoms with E-state index in [0.717, 1.165) is 43.0 Å². The van der Waals surface area contributed by atoms with Crippen LogP contribution in [0.2, 0.25) is 0 Å². The zero-order chi connectivity index (χ0) is 19.7. The van der Waals surface area contributed by atoms with Crippen LogP contribution in [0.3, 0.4) is 0 Å². The van der Waals surface area contributed by atoms with Gasteiger partial charge in [-0.3, -0.25) is 4.79 Å². The highest BCUT2D eigenvalue weighted by molar-refractivity contribution is 5.94. The van der Waals surface area contributed by atoms with Gasteiger partial charge in [0.15, 0.2) is 0 Å². The number of likely N-dealkylation sites (tertiary alicyclic amines) is 1. The van der Waals surface area contributed by atoms with Crippen LogP contribution in [-0.2, 0) is 0 Å². The molecule has 5 nitrogen and oxygen atoms in total. The largest absolute Gasteiger partial charge is 0.508 e. The van der Waals surface area contributed by atoms with Crippen LogP contribution in [0, 0.1) is 13.8 Å². The van der Waals surface area contributed by atoms with Crippen molar-refractivity contribution in [3.8, 4) is 11.4 Å². The smallest absolute Gasteiger partial charge is 0.253 e. The van der Waals surface area contributed by atoms with E-state index in [9.17, 15) is 9.90 Å². The van der Waals surface area contributed by atoms with E-state index in [4.69, 9.17) is 0 Å². The lowest BCUT2D eigenvalue weighted by atomic mass is 9.89. The molecule has 0 radical (unpaired) electrons. The average molecular weight is 375 g/mol. The standard InChI is InChI=1S/C23H25N3O2/c1-16-15-17(2)26(24-16)21-7-3-20(4-8-21)23(28)25-13-11-19(12-14-25)18-5-9-22(27)10-6-18/h3-10,15,19,27H,11-14H2,1-2H3. The molecule has 3 aromatic rings. The minimum absolute atomic E-state index is 0.0871. The average Bonchev–Trinajstić information content (AvgIpc) is 3.06. The Kier molecular flexibility index (Phi) is 4.90. The van der Waals surface area contributed by atoms with E-state index in [2.05, 4.69) is 5.10 Å². The van der Waals surface area contributed by atoms with Crippen molar-refractivity contribution in [1.29, 1.82) is 0 Å². The van der Waals surface area contributed by atoms with E-state index in [0.29, 0.717) is 17.2 Å². The highest BCUT2D eigenvalue weighted by Crippen LogP contribution is 2.29. The van der Waals surface area contributed by atoms with Crippen molar-refractivity contribution < 1.29 is 9.90 Å². The molecule has 0 bridgehead atoms. The molecule has 2 aromatic carbocycles. The van der Waals surface area contributed by atoms with Crippen LogP contribution in [-0.4, -0.2) is 38.8 Å². The SMILES string of the molecule is Cc1cc(C)n(-c2ccc(C(=O)N3CCC(c4ccc(O)cc4)CC3)cc2)n1. The Morgan fingerprint density at radius 2 is 1.64 bits per heavy atom. The first kappa shape index (κ1) is 18.3. The van der Waals surface area contributed by atoms with Gasteiger partial charge in [-0.2, -0.15) is 5.10 Å². The molecule has 1 aliphatic heterocycles. The molecular weight excluding hydrogens is 350 g/mol. The molecule has 1 fully saturated rings. The molecule has 1 aromatic heterocycles. The molecule has 4 rings (SSSR count). The summed E-state index contributed by atoms with van der Waals surface area (Å²) in [5.41, 5.74) is 4.97. The van der Waals surface area contributed by atoms with Crippen molar-refractivity contribution in [2.24, 2.45) is 0 Å². The van der Waals surface area contributed by atoms with E-state index >= 15 is 0 Å². The number of rotatable bonds is 3. The predicted octanol–water partition coefficient (Wildman–Crippen LogP) is 4.21. The number of piperidine rings is 1. The maximum absolute atomic E-state index is 12.9. The van der Waals surface area contributed by atoms with Gasteiger partial charge in [0.05, 0.1) is 11.4 Å². The first-order valence-corrected chi connectivity index (χ1v) is 9.73. The molecule has 1 amide bonds. The number of hydrogen-bond donors (Lipinski definition) is 1. The second kappa shape index (κ2) is 7.50. The fraction of sp³-hybridized carbons (Fsp3) is 0.304. The Hall–Kier alpha value is -3.08. The number of phenolic OH excluding ortho intramolecular Hbond substituents is 1. The zero-order valence-electron chi connectivity index (χ0n) is 16.3. The summed E-state index contributed by atoms with van der Waals surface area (Å²) >= 11 is 0. The molecule has 28 heavy (non-hydrogen) atoms. The lowest BCUT2D eigenvalue weighted by Gasteiger charge is -2.32.